The van der Waals surface area contributed by atoms with Gasteiger partial charge < -0.3 is 5.32 Å². The van der Waals surface area contributed by atoms with Gasteiger partial charge in [0.2, 0.25) is 0 Å². The van der Waals surface area contributed by atoms with Crippen molar-refractivity contribution in [1.82, 2.24) is 15.0 Å². The minimum Gasteiger partial charge on any atom is -0.316 e. The summed E-state index contributed by atoms with van der Waals surface area (Å²) in [6.45, 7) is 3.89. The molecule has 3 heterocycles. The van der Waals surface area contributed by atoms with Crippen LogP contribution in [0.2, 0.25) is 0 Å². The van der Waals surface area contributed by atoms with Crippen molar-refractivity contribution in [1.29, 1.82) is 0 Å². The SMILES string of the molecule is Cc1nc(NC(=O)c2csc(Nc3ccccn3)n2)sc1C. The zero-order chi connectivity index (χ0) is 15.5. The molecule has 3 aromatic rings. The van der Waals surface area contributed by atoms with Gasteiger partial charge in [0.1, 0.15) is 11.5 Å². The molecule has 0 aromatic carbocycles. The number of carbonyl (C=O) groups is 1. The van der Waals surface area contributed by atoms with Crippen LogP contribution in [-0.2, 0) is 0 Å². The highest BCUT2D eigenvalue weighted by Crippen LogP contribution is 2.23. The minimum atomic E-state index is -0.265. The Morgan fingerprint density at radius 3 is 2.73 bits per heavy atom. The second-order valence-electron chi connectivity index (χ2n) is 4.49. The number of carbonyl (C=O) groups excluding carboxylic acids is 1. The Labute approximate surface area is 135 Å². The van der Waals surface area contributed by atoms with Gasteiger partial charge in [-0.05, 0) is 26.0 Å². The molecule has 0 atom stereocenters. The number of anilines is 3. The lowest BCUT2D eigenvalue weighted by Gasteiger charge is -2.00. The summed E-state index contributed by atoms with van der Waals surface area (Å²) < 4.78 is 0. The highest BCUT2D eigenvalue weighted by Gasteiger charge is 2.13. The molecule has 0 saturated heterocycles. The Balaban J connectivity index is 1.69. The lowest BCUT2D eigenvalue weighted by atomic mass is 10.4. The maximum atomic E-state index is 12.2. The van der Waals surface area contributed by atoms with Crippen molar-refractivity contribution in [3.05, 3.63) is 46.0 Å². The molecule has 6 nitrogen and oxygen atoms in total. The monoisotopic (exact) mass is 331 g/mol. The number of pyridine rings is 1. The third-order valence-corrected chi connectivity index (χ3v) is 4.63. The van der Waals surface area contributed by atoms with E-state index in [1.54, 1.807) is 11.6 Å². The molecule has 0 spiro atoms. The number of hydrogen-bond acceptors (Lipinski definition) is 7. The van der Waals surface area contributed by atoms with Gasteiger partial charge in [-0.1, -0.05) is 6.07 Å². The molecule has 0 unspecified atom stereocenters. The molecule has 0 aliphatic rings. The van der Waals surface area contributed by atoms with Crippen LogP contribution in [-0.4, -0.2) is 20.9 Å². The first-order chi connectivity index (χ1) is 10.6. The third-order valence-electron chi connectivity index (χ3n) is 2.89. The van der Waals surface area contributed by atoms with Crippen molar-refractivity contribution in [2.45, 2.75) is 13.8 Å². The summed E-state index contributed by atoms with van der Waals surface area (Å²) in [5, 5.41) is 8.74. The average molecular weight is 331 g/mol. The molecular formula is C14H13N5OS2. The molecule has 0 saturated carbocycles. The van der Waals surface area contributed by atoms with Gasteiger partial charge in [-0.15, -0.1) is 22.7 Å². The molecule has 0 bridgehead atoms. The Bertz CT molecular complexity index is 777. The first kappa shape index (κ1) is 14.6. The average Bonchev–Trinajstić information content (AvgIpc) is 3.08. The number of aromatic nitrogens is 3. The van der Waals surface area contributed by atoms with E-state index in [1.807, 2.05) is 32.0 Å². The molecule has 3 rings (SSSR count). The second-order valence-corrected chi connectivity index (χ2v) is 6.55. The highest BCUT2D eigenvalue weighted by atomic mass is 32.1. The number of hydrogen-bond donors (Lipinski definition) is 2. The van der Waals surface area contributed by atoms with E-state index in [1.165, 1.54) is 22.7 Å². The van der Waals surface area contributed by atoms with E-state index in [4.69, 9.17) is 0 Å². The van der Waals surface area contributed by atoms with Gasteiger partial charge in [-0.2, -0.15) is 0 Å². The standard InChI is InChI=1S/C14H13N5OS2/c1-8-9(2)22-14(16-8)19-12(20)10-7-21-13(17-10)18-11-5-3-4-6-15-11/h3-7H,1-2H3,(H,15,17,18)(H,16,19,20). The van der Waals surface area contributed by atoms with Gasteiger partial charge in [0.05, 0.1) is 5.69 Å². The fourth-order valence-corrected chi connectivity index (χ4v) is 3.18. The Morgan fingerprint density at radius 2 is 2.05 bits per heavy atom. The summed E-state index contributed by atoms with van der Waals surface area (Å²) in [7, 11) is 0. The summed E-state index contributed by atoms with van der Waals surface area (Å²) in [5.74, 6) is 0.425. The number of nitrogens with one attached hydrogen (secondary N) is 2. The molecule has 2 N–H and O–H groups in total. The predicted molar refractivity (Wildman–Crippen MR) is 89.2 cm³/mol. The maximum Gasteiger partial charge on any atom is 0.276 e. The first-order valence-electron chi connectivity index (χ1n) is 6.51. The van der Waals surface area contributed by atoms with E-state index in [0.29, 0.717) is 21.8 Å². The van der Waals surface area contributed by atoms with E-state index >= 15 is 0 Å². The summed E-state index contributed by atoms with van der Waals surface area (Å²) in [6, 6.07) is 5.55. The number of thiazole rings is 2. The maximum absolute atomic E-state index is 12.2. The minimum absolute atomic E-state index is 0.265. The lowest BCUT2D eigenvalue weighted by Crippen LogP contribution is -2.12. The van der Waals surface area contributed by atoms with Crippen molar-refractivity contribution >= 4 is 44.7 Å². The topological polar surface area (TPSA) is 79.8 Å². The van der Waals surface area contributed by atoms with Crippen molar-refractivity contribution in [3.8, 4) is 0 Å². The summed E-state index contributed by atoms with van der Waals surface area (Å²) >= 11 is 2.81. The van der Waals surface area contributed by atoms with Gasteiger partial charge in [-0.3, -0.25) is 10.1 Å². The molecule has 0 aliphatic carbocycles. The quantitative estimate of drug-likeness (QED) is 0.763. The van der Waals surface area contributed by atoms with Gasteiger partial charge in [-0.25, -0.2) is 15.0 Å². The van der Waals surface area contributed by atoms with E-state index in [2.05, 4.69) is 25.6 Å². The van der Waals surface area contributed by atoms with Gasteiger partial charge in [0, 0.05) is 16.5 Å². The van der Waals surface area contributed by atoms with Crippen molar-refractivity contribution in [3.63, 3.8) is 0 Å². The normalized spacial score (nSPS) is 10.5. The smallest absolute Gasteiger partial charge is 0.276 e. The fourth-order valence-electron chi connectivity index (χ4n) is 1.67. The molecular weight excluding hydrogens is 318 g/mol. The third kappa shape index (κ3) is 3.29. The molecule has 3 aromatic heterocycles. The van der Waals surface area contributed by atoms with E-state index in [0.717, 1.165) is 10.6 Å². The lowest BCUT2D eigenvalue weighted by molar-refractivity contribution is 0.102. The summed E-state index contributed by atoms with van der Waals surface area (Å²) in [5.41, 5.74) is 1.28. The summed E-state index contributed by atoms with van der Waals surface area (Å²) in [4.78, 5) is 26.0. The van der Waals surface area contributed by atoms with Crippen LogP contribution in [0, 0.1) is 13.8 Å². The van der Waals surface area contributed by atoms with Crippen LogP contribution in [0.1, 0.15) is 21.1 Å². The molecule has 1 amide bonds. The fraction of sp³-hybridized carbons (Fsp3) is 0.143. The highest BCUT2D eigenvalue weighted by molar-refractivity contribution is 7.16. The number of aryl methyl sites for hydroxylation is 2. The molecule has 22 heavy (non-hydrogen) atoms. The van der Waals surface area contributed by atoms with Crippen LogP contribution < -0.4 is 10.6 Å². The number of rotatable bonds is 4. The van der Waals surface area contributed by atoms with Crippen molar-refractivity contribution < 1.29 is 4.79 Å². The van der Waals surface area contributed by atoms with Gasteiger partial charge >= 0.3 is 0 Å². The molecule has 8 heteroatoms. The van der Waals surface area contributed by atoms with Crippen LogP contribution in [0.15, 0.2) is 29.8 Å². The molecule has 0 aliphatic heterocycles. The van der Waals surface area contributed by atoms with E-state index in [-0.39, 0.29) is 5.91 Å². The second kappa shape index (κ2) is 6.20. The van der Waals surface area contributed by atoms with Crippen LogP contribution >= 0.6 is 22.7 Å². The molecule has 112 valence electrons. The van der Waals surface area contributed by atoms with Crippen LogP contribution in [0.3, 0.4) is 0 Å². The number of nitrogens with zero attached hydrogens (tertiary/aromatic N) is 3. The van der Waals surface area contributed by atoms with Gasteiger partial charge in [0.25, 0.3) is 5.91 Å². The van der Waals surface area contributed by atoms with Crippen molar-refractivity contribution in [2.24, 2.45) is 0 Å². The van der Waals surface area contributed by atoms with Crippen LogP contribution in [0.5, 0.6) is 0 Å². The summed E-state index contributed by atoms with van der Waals surface area (Å²) in [6.07, 6.45) is 1.69. The zero-order valence-corrected chi connectivity index (χ0v) is 13.6. The Kier molecular flexibility index (Phi) is 4.12. The van der Waals surface area contributed by atoms with Crippen LogP contribution in [0.4, 0.5) is 16.1 Å². The predicted octanol–water partition coefficient (Wildman–Crippen LogP) is 3.61. The Hall–Kier alpha value is -2.32. The Morgan fingerprint density at radius 1 is 1.18 bits per heavy atom. The largest absolute Gasteiger partial charge is 0.316 e. The van der Waals surface area contributed by atoms with E-state index in [9.17, 15) is 4.79 Å². The van der Waals surface area contributed by atoms with E-state index < -0.39 is 0 Å². The first-order valence-corrected chi connectivity index (χ1v) is 8.20. The molecule has 0 fully saturated rings. The number of amides is 1. The van der Waals surface area contributed by atoms with Crippen molar-refractivity contribution in [2.75, 3.05) is 10.6 Å². The molecule has 0 radical (unpaired) electrons. The van der Waals surface area contributed by atoms with Gasteiger partial charge in [0.15, 0.2) is 10.3 Å². The zero-order valence-electron chi connectivity index (χ0n) is 12.0. The van der Waals surface area contributed by atoms with Crippen LogP contribution in [0.25, 0.3) is 0 Å².